The molecule has 0 spiro atoms. The van der Waals surface area contributed by atoms with E-state index in [-0.39, 0.29) is 17.1 Å². The van der Waals surface area contributed by atoms with E-state index in [1.165, 1.54) is 19.1 Å². The van der Waals surface area contributed by atoms with Crippen LogP contribution in [0.25, 0.3) is 0 Å². The molecule has 10 heteroatoms. The summed E-state index contributed by atoms with van der Waals surface area (Å²) >= 11 is 0. The van der Waals surface area contributed by atoms with Crippen molar-refractivity contribution < 1.29 is 37.7 Å². The molecule has 0 radical (unpaired) electrons. The number of carbonyl (C=O) groups excluding carboxylic acids is 2. The summed E-state index contributed by atoms with van der Waals surface area (Å²) in [4.78, 5) is 22.8. The molecule has 2 aromatic rings. The van der Waals surface area contributed by atoms with Crippen molar-refractivity contribution in [3.05, 3.63) is 54.6 Å². The van der Waals surface area contributed by atoms with Crippen LogP contribution in [-0.4, -0.2) is 47.3 Å². The van der Waals surface area contributed by atoms with E-state index in [1.54, 1.807) is 0 Å². The van der Waals surface area contributed by atoms with Crippen LogP contribution < -0.4 is 0 Å². The Hall–Kier alpha value is -3.27. The third-order valence-electron chi connectivity index (χ3n) is 3.36. The molecule has 0 fully saturated rings. The minimum atomic E-state index is -4.24. The standard InChI is InChI=1S/C17H17NO8S/c1-3-16(21)26-11(2)10-25-17(22)12-4-6-13(7-5-12)27(23,24)18-14(19)8-9-15(18)20/h3-9,11,19-20H,1,10H2,2H3. The Morgan fingerprint density at radius 2 is 1.70 bits per heavy atom. The van der Waals surface area contributed by atoms with Gasteiger partial charge in [-0.05, 0) is 31.2 Å². The molecule has 2 rings (SSSR count). The topological polar surface area (TPSA) is 132 Å². The number of hydrogen-bond donors (Lipinski definition) is 2. The molecule has 2 N–H and O–H groups in total. The van der Waals surface area contributed by atoms with Gasteiger partial charge in [-0.2, -0.15) is 3.97 Å². The number of esters is 2. The predicted octanol–water partition coefficient (Wildman–Crippen LogP) is 1.41. The van der Waals surface area contributed by atoms with Gasteiger partial charge in [-0.1, -0.05) is 6.58 Å². The largest absolute Gasteiger partial charge is 0.494 e. The van der Waals surface area contributed by atoms with Gasteiger partial charge in [-0.25, -0.2) is 18.0 Å². The Bertz CT molecular complexity index is 940. The molecule has 0 saturated carbocycles. The maximum atomic E-state index is 12.4. The molecule has 0 saturated heterocycles. The second-order valence-corrected chi connectivity index (χ2v) is 7.18. The van der Waals surface area contributed by atoms with Crippen LogP contribution in [0.4, 0.5) is 0 Å². The molecular weight excluding hydrogens is 378 g/mol. The normalized spacial score (nSPS) is 12.2. The summed E-state index contributed by atoms with van der Waals surface area (Å²) in [6, 6.07) is 6.75. The molecule has 0 aliphatic carbocycles. The van der Waals surface area contributed by atoms with Gasteiger partial charge in [0.15, 0.2) is 0 Å². The van der Waals surface area contributed by atoms with Crippen molar-refractivity contribution >= 4 is 22.0 Å². The number of aromatic nitrogens is 1. The molecule has 0 amide bonds. The molecule has 0 aliphatic rings. The van der Waals surface area contributed by atoms with Crippen LogP contribution in [-0.2, 0) is 24.3 Å². The highest BCUT2D eigenvalue weighted by Crippen LogP contribution is 2.27. The Morgan fingerprint density at radius 3 is 2.22 bits per heavy atom. The highest BCUT2D eigenvalue weighted by Gasteiger charge is 2.23. The second-order valence-electron chi connectivity index (χ2n) is 5.39. The molecule has 0 bridgehead atoms. The summed E-state index contributed by atoms with van der Waals surface area (Å²) in [5.74, 6) is -2.70. The summed E-state index contributed by atoms with van der Waals surface area (Å²) in [6.07, 6.45) is 0.302. The van der Waals surface area contributed by atoms with E-state index in [0.29, 0.717) is 3.97 Å². The third-order valence-corrected chi connectivity index (χ3v) is 5.08. The molecule has 9 nitrogen and oxygen atoms in total. The van der Waals surface area contributed by atoms with Gasteiger partial charge in [0, 0.05) is 18.2 Å². The number of rotatable bonds is 7. The van der Waals surface area contributed by atoms with Crippen LogP contribution in [0.1, 0.15) is 17.3 Å². The summed E-state index contributed by atoms with van der Waals surface area (Å²) < 4.78 is 35.1. The van der Waals surface area contributed by atoms with E-state index in [0.717, 1.165) is 30.3 Å². The first-order valence-corrected chi connectivity index (χ1v) is 9.06. The van der Waals surface area contributed by atoms with Crippen LogP contribution in [0.3, 0.4) is 0 Å². The lowest BCUT2D eigenvalue weighted by Crippen LogP contribution is -2.21. The van der Waals surface area contributed by atoms with Gasteiger partial charge in [0.2, 0.25) is 11.8 Å². The fourth-order valence-electron chi connectivity index (χ4n) is 2.07. The summed E-state index contributed by atoms with van der Waals surface area (Å²) in [5.41, 5.74) is 0.0668. The van der Waals surface area contributed by atoms with Crippen LogP contribution >= 0.6 is 0 Å². The van der Waals surface area contributed by atoms with Gasteiger partial charge in [0.05, 0.1) is 10.5 Å². The number of benzene rings is 1. The van der Waals surface area contributed by atoms with Crippen molar-refractivity contribution in [2.45, 2.75) is 17.9 Å². The zero-order valence-electron chi connectivity index (χ0n) is 14.2. The quantitative estimate of drug-likeness (QED) is 0.531. The SMILES string of the molecule is C=CC(=O)OC(C)COC(=O)c1ccc(S(=O)(=O)n2c(O)ccc2O)cc1. The maximum Gasteiger partial charge on any atom is 0.338 e. The Balaban J connectivity index is 2.10. The molecule has 1 unspecified atom stereocenters. The van der Waals surface area contributed by atoms with Crippen molar-refractivity contribution in [3.63, 3.8) is 0 Å². The van der Waals surface area contributed by atoms with Crippen LogP contribution in [0.5, 0.6) is 11.8 Å². The van der Waals surface area contributed by atoms with Gasteiger partial charge in [0.25, 0.3) is 10.0 Å². The van der Waals surface area contributed by atoms with Crippen molar-refractivity contribution in [1.29, 1.82) is 0 Å². The van der Waals surface area contributed by atoms with E-state index in [9.17, 15) is 28.2 Å². The Kier molecular flexibility index (Phi) is 5.91. The average molecular weight is 395 g/mol. The fraction of sp³-hybridized carbons (Fsp3) is 0.176. The zero-order valence-corrected chi connectivity index (χ0v) is 15.0. The van der Waals surface area contributed by atoms with E-state index in [4.69, 9.17) is 9.47 Å². The van der Waals surface area contributed by atoms with Gasteiger partial charge in [-0.3, -0.25) is 0 Å². The number of aromatic hydroxyl groups is 2. The van der Waals surface area contributed by atoms with E-state index < -0.39 is 39.8 Å². The number of hydrogen-bond acceptors (Lipinski definition) is 8. The van der Waals surface area contributed by atoms with E-state index in [2.05, 4.69) is 6.58 Å². The smallest absolute Gasteiger partial charge is 0.338 e. The van der Waals surface area contributed by atoms with Crippen LogP contribution in [0.2, 0.25) is 0 Å². The Morgan fingerprint density at radius 1 is 1.15 bits per heavy atom. The first-order valence-electron chi connectivity index (χ1n) is 7.62. The minimum Gasteiger partial charge on any atom is -0.494 e. The minimum absolute atomic E-state index is 0.0668. The van der Waals surface area contributed by atoms with Gasteiger partial charge in [0.1, 0.15) is 12.7 Å². The third kappa shape index (κ3) is 4.47. The van der Waals surface area contributed by atoms with Crippen molar-refractivity contribution in [1.82, 2.24) is 3.97 Å². The molecule has 1 aromatic heterocycles. The first kappa shape index (κ1) is 20.0. The van der Waals surface area contributed by atoms with Gasteiger partial charge >= 0.3 is 11.9 Å². The zero-order chi connectivity index (χ0) is 20.2. The summed E-state index contributed by atoms with van der Waals surface area (Å²) in [6.45, 7) is 4.59. The lowest BCUT2D eigenvalue weighted by molar-refractivity contribution is -0.144. The lowest BCUT2D eigenvalue weighted by Gasteiger charge is -2.12. The molecule has 1 aromatic carbocycles. The average Bonchev–Trinajstić information content (AvgIpc) is 2.98. The number of ether oxygens (including phenoxy) is 2. The monoisotopic (exact) mass is 395 g/mol. The fourth-order valence-corrected chi connectivity index (χ4v) is 3.38. The van der Waals surface area contributed by atoms with E-state index in [1.807, 2.05) is 0 Å². The van der Waals surface area contributed by atoms with Crippen LogP contribution in [0.15, 0.2) is 53.9 Å². The Labute approximate surface area is 155 Å². The van der Waals surface area contributed by atoms with Crippen molar-refractivity contribution in [3.8, 4) is 11.8 Å². The predicted molar refractivity (Wildman–Crippen MR) is 92.8 cm³/mol. The molecule has 0 aliphatic heterocycles. The van der Waals surface area contributed by atoms with Crippen molar-refractivity contribution in [2.24, 2.45) is 0 Å². The molecule has 144 valence electrons. The van der Waals surface area contributed by atoms with Gasteiger partial charge < -0.3 is 19.7 Å². The molecular formula is C17H17NO8S. The highest BCUT2D eigenvalue weighted by atomic mass is 32.2. The summed E-state index contributed by atoms with van der Waals surface area (Å²) in [5, 5.41) is 19.2. The number of carbonyl (C=O) groups is 2. The first-order chi connectivity index (χ1) is 12.7. The summed E-state index contributed by atoms with van der Waals surface area (Å²) in [7, 11) is -4.24. The lowest BCUT2D eigenvalue weighted by atomic mass is 10.2. The second kappa shape index (κ2) is 7.96. The van der Waals surface area contributed by atoms with Crippen molar-refractivity contribution in [2.75, 3.05) is 6.61 Å². The molecule has 1 heterocycles. The molecule has 27 heavy (non-hydrogen) atoms. The van der Waals surface area contributed by atoms with E-state index >= 15 is 0 Å². The number of nitrogens with zero attached hydrogens (tertiary/aromatic N) is 1. The van der Waals surface area contributed by atoms with Gasteiger partial charge in [-0.15, -0.1) is 0 Å². The molecule has 1 atom stereocenters. The van der Waals surface area contributed by atoms with Crippen LogP contribution in [0, 0.1) is 0 Å². The maximum absolute atomic E-state index is 12.4. The highest BCUT2D eigenvalue weighted by molar-refractivity contribution is 7.90.